The fraction of sp³-hybridized carbons (Fsp3) is 0.333. The van der Waals surface area contributed by atoms with Gasteiger partial charge >= 0.3 is 18.0 Å². The topological polar surface area (TPSA) is 154 Å². The Balaban J connectivity index is 1.38. The highest BCUT2D eigenvalue weighted by molar-refractivity contribution is 5.95. The summed E-state index contributed by atoms with van der Waals surface area (Å²) < 4.78 is 15.8. The highest BCUT2D eigenvalue weighted by Crippen LogP contribution is 2.35. The second-order valence-electron chi connectivity index (χ2n) is 8.30. The number of nitro benzene ring substituents is 1. The molecule has 1 unspecified atom stereocenters. The minimum absolute atomic E-state index is 0.0216. The Labute approximate surface area is 205 Å². The molecular formula is C24H23N3O9. The number of nitro groups is 1. The van der Waals surface area contributed by atoms with Gasteiger partial charge in [0.1, 0.15) is 19.3 Å². The van der Waals surface area contributed by atoms with E-state index < -0.39 is 40.6 Å². The van der Waals surface area contributed by atoms with Crippen LogP contribution in [0, 0.1) is 10.1 Å². The Bertz CT molecular complexity index is 1170. The highest BCUT2D eigenvalue weighted by atomic mass is 16.6. The molecule has 0 aliphatic carbocycles. The van der Waals surface area contributed by atoms with Gasteiger partial charge in [0, 0.05) is 25.1 Å². The Morgan fingerprint density at radius 1 is 1.06 bits per heavy atom. The number of nitrogens with zero attached hydrogens (tertiary/aromatic N) is 2. The van der Waals surface area contributed by atoms with E-state index in [1.54, 1.807) is 24.3 Å². The van der Waals surface area contributed by atoms with Crippen molar-refractivity contribution in [3.05, 3.63) is 75.8 Å². The molecule has 12 heteroatoms. The van der Waals surface area contributed by atoms with Gasteiger partial charge in [0.25, 0.3) is 11.4 Å². The summed E-state index contributed by atoms with van der Waals surface area (Å²) in [6.07, 6.45) is -0.804. The van der Waals surface area contributed by atoms with Crippen molar-refractivity contribution in [3.63, 3.8) is 0 Å². The van der Waals surface area contributed by atoms with Crippen LogP contribution in [-0.4, -0.2) is 52.1 Å². The van der Waals surface area contributed by atoms with Crippen LogP contribution in [0.5, 0.6) is 0 Å². The van der Waals surface area contributed by atoms with Crippen LogP contribution in [0.1, 0.15) is 30.4 Å². The zero-order valence-corrected chi connectivity index (χ0v) is 19.1. The van der Waals surface area contributed by atoms with Gasteiger partial charge in [-0.15, -0.1) is 0 Å². The maximum absolute atomic E-state index is 13.1. The maximum Gasteiger partial charge on any atom is 0.408 e. The third-order valence-electron chi connectivity index (χ3n) is 5.93. The van der Waals surface area contributed by atoms with Crippen molar-refractivity contribution in [2.75, 3.05) is 6.54 Å². The zero-order chi connectivity index (χ0) is 25.7. The minimum atomic E-state index is -1.95. The number of hydrogen-bond acceptors (Lipinski definition) is 9. The maximum atomic E-state index is 13.1. The van der Waals surface area contributed by atoms with Crippen LogP contribution in [0.15, 0.2) is 54.6 Å². The molecule has 12 nitrogen and oxygen atoms in total. The molecule has 2 heterocycles. The molecular weight excluding hydrogens is 474 g/mol. The standard InChI is InChI=1S/C24H23N3O9/c28-20-10-12-24(36-20,22(30)34-14-17-6-8-18(9-7-17)27(32)33)26-13-11-19(21(26)29)25-23(31)35-15-16-4-2-1-3-5-16/h1-9,19H,10-15H2,(H,25,31)/t19-,24?/m0/s1. The van der Waals surface area contributed by atoms with E-state index >= 15 is 0 Å². The average molecular weight is 497 g/mol. The van der Waals surface area contributed by atoms with E-state index in [4.69, 9.17) is 14.2 Å². The minimum Gasteiger partial charge on any atom is -0.456 e. The van der Waals surface area contributed by atoms with E-state index in [9.17, 15) is 29.3 Å². The molecule has 0 aromatic heterocycles. The number of nitrogens with one attached hydrogen (secondary N) is 1. The van der Waals surface area contributed by atoms with Crippen LogP contribution in [-0.2, 0) is 41.8 Å². The summed E-state index contributed by atoms with van der Waals surface area (Å²) in [6.45, 7) is -0.179. The van der Waals surface area contributed by atoms with Crippen LogP contribution < -0.4 is 5.32 Å². The van der Waals surface area contributed by atoms with Crippen LogP contribution in [0.2, 0.25) is 0 Å². The highest BCUT2D eigenvalue weighted by Gasteiger charge is 2.58. The van der Waals surface area contributed by atoms with E-state index in [0.29, 0.717) is 5.56 Å². The summed E-state index contributed by atoms with van der Waals surface area (Å²) >= 11 is 0. The number of non-ortho nitro benzene ring substituents is 1. The first-order valence-electron chi connectivity index (χ1n) is 11.2. The molecule has 2 aromatic rings. The molecule has 0 radical (unpaired) electrons. The van der Waals surface area contributed by atoms with Gasteiger partial charge in [-0.05, 0) is 29.7 Å². The summed E-state index contributed by atoms with van der Waals surface area (Å²) in [7, 11) is 0. The summed E-state index contributed by atoms with van der Waals surface area (Å²) in [5.41, 5.74) is -0.810. The number of cyclic esters (lactones) is 1. The molecule has 2 saturated heterocycles. The van der Waals surface area contributed by atoms with Crippen LogP contribution in [0.25, 0.3) is 0 Å². The number of carbonyl (C=O) groups is 4. The quantitative estimate of drug-likeness (QED) is 0.250. The number of likely N-dealkylation sites (tertiary alicyclic amines) is 1. The predicted octanol–water partition coefficient (Wildman–Crippen LogP) is 2.20. The molecule has 0 saturated carbocycles. The lowest BCUT2D eigenvalue weighted by Gasteiger charge is -2.34. The Morgan fingerprint density at radius 3 is 2.36 bits per heavy atom. The smallest absolute Gasteiger partial charge is 0.408 e. The first-order chi connectivity index (χ1) is 17.3. The summed E-state index contributed by atoms with van der Waals surface area (Å²) in [6, 6.07) is 13.5. The van der Waals surface area contributed by atoms with Gasteiger partial charge in [0.15, 0.2) is 0 Å². The van der Waals surface area contributed by atoms with Crippen molar-refractivity contribution in [2.45, 2.75) is 44.2 Å². The number of amides is 2. The Hall–Kier alpha value is -4.48. The van der Waals surface area contributed by atoms with E-state index in [2.05, 4.69) is 5.32 Å². The molecule has 188 valence electrons. The summed E-state index contributed by atoms with van der Waals surface area (Å²) in [4.78, 5) is 61.7. The predicted molar refractivity (Wildman–Crippen MR) is 121 cm³/mol. The Kier molecular flexibility index (Phi) is 7.13. The molecule has 2 fully saturated rings. The van der Waals surface area contributed by atoms with Crippen molar-refractivity contribution in [2.24, 2.45) is 0 Å². The zero-order valence-electron chi connectivity index (χ0n) is 19.1. The van der Waals surface area contributed by atoms with E-state index in [0.717, 1.165) is 10.5 Å². The number of alkyl carbamates (subject to hydrolysis) is 1. The van der Waals surface area contributed by atoms with E-state index in [-0.39, 0.29) is 44.7 Å². The molecule has 2 amide bonds. The lowest BCUT2D eigenvalue weighted by molar-refractivity contribution is -0.384. The van der Waals surface area contributed by atoms with Gasteiger partial charge < -0.3 is 19.5 Å². The first kappa shape index (κ1) is 24.6. The lowest BCUT2D eigenvalue weighted by atomic mass is 10.1. The largest absolute Gasteiger partial charge is 0.456 e. The molecule has 0 spiro atoms. The summed E-state index contributed by atoms with van der Waals surface area (Å²) in [5, 5.41) is 13.3. The fourth-order valence-electron chi connectivity index (χ4n) is 4.06. The first-order valence-corrected chi connectivity index (χ1v) is 11.2. The lowest BCUT2D eigenvalue weighted by Crippen LogP contribution is -2.57. The average Bonchev–Trinajstić information content (AvgIpc) is 3.45. The molecule has 2 aromatic carbocycles. The molecule has 4 rings (SSSR count). The van der Waals surface area contributed by atoms with Crippen molar-refractivity contribution >= 4 is 29.6 Å². The van der Waals surface area contributed by atoms with Crippen molar-refractivity contribution in [1.82, 2.24) is 10.2 Å². The molecule has 0 bridgehead atoms. The van der Waals surface area contributed by atoms with Gasteiger partial charge in [-0.1, -0.05) is 30.3 Å². The Morgan fingerprint density at radius 2 is 1.72 bits per heavy atom. The van der Waals surface area contributed by atoms with Crippen molar-refractivity contribution in [1.29, 1.82) is 0 Å². The normalized spacial score (nSPS) is 21.1. The van der Waals surface area contributed by atoms with Crippen LogP contribution in [0.3, 0.4) is 0 Å². The van der Waals surface area contributed by atoms with E-state index in [1.807, 2.05) is 6.07 Å². The SMILES string of the molecule is O=C1CCC(C(=O)OCc2ccc([N+](=O)[O-])cc2)(N2CC[C@H](NC(=O)OCc3ccccc3)C2=O)O1. The molecule has 2 aliphatic rings. The van der Waals surface area contributed by atoms with Crippen molar-refractivity contribution < 1.29 is 38.3 Å². The third-order valence-corrected chi connectivity index (χ3v) is 5.93. The van der Waals surface area contributed by atoms with Gasteiger partial charge in [-0.25, -0.2) is 9.59 Å². The second-order valence-corrected chi connectivity index (χ2v) is 8.30. The van der Waals surface area contributed by atoms with Gasteiger partial charge in [-0.3, -0.25) is 24.6 Å². The second kappa shape index (κ2) is 10.4. The monoisotopic (exact) mass is 497 g/mol. The summed E-state index contributed by atoms with van der Waals surface area (Å²) in [5.74, 6) is -2.20. The number of hydrogen-bond donors (Lipinski definition) is 1. The third kappa shape index (κ3) is 5.27. The number of benzene rings is 2. The number of carbonyl (C=O) groups excluding carboxylic acids is 4. The van der Waals surface area contributed by atoms with Gasteiger partial charge in [0.05, 0.1) is 11.3 Å². The molecule has 2 atom stereocenters. The van der Waals surface area contributed by atoms with Gasteiger partial charge in [0.2, 0.25) is 5.91 Å². The van der Waals surface area contributed by atoms with E-state index in [1.165, 1.54) is 24.3 Å². The molecule has 1 N–H and O–H groups in total. The molecule has 36 heavy (non-hydrogen) atoms. The van der Waals surface area contributed by atoms with Crippen molar-refractivity contribution in [3.8, 4) is 0 Å². The van der Waals surface area contributed by atoms with Crippen LogP contribution in [0.4, 0.5) is 10.5 Å². The number of esters is 2. The fourth-order valence-corrected chi connectivity index (χ4v) is 4.06. The van der Waals surface area contributed by atoms with Gasteiger partial charge in [-0.2, -0.15) is 0 Å². The van der Waals surface area contributed by atoms with Crippen LogP contribution >= 0.6 is 0 Å². The number of rotatable bonds is 8. The number of ether oxygens (including phenoxy) is 3. The molecule has 2 aliphatic heterocycles.